The van der Waals surface area contributed by atoms with Gasteiger partial charge in [-0.15, -0.1) is 0 Å². The highest BCUT2D eigenvalue weighted by atomic mass is 35.5. The quantitative estimate of drug-likeness (QED) is 0.700. The standard InChI is InChI=1S/C20H16Cl2N4O/c21-15-6-3-7-16(19(15)22)25-20(27)17-10-18(24-12-23-17)26-9-8-13-4-1-2-5-14(13)11-26/h1-7,10,12H,8-9,11H2,(H,25,27). The summed E-state index contributed by atoms with van der Waals surface area (Å²) >= 11 is 12.1. The second-order valence-electron chi connectivity index (χ2n) is 6.26. The Morgan fingerprint density at radius 1 is 1.04 bits per heavy atom. The summed E-state index contributed by atoms with van der Waals surface area (Å²) in [6.07, 6.45) is 2.35. The summed E-state index contributed by atoms with van der Waals surface area (Å²) < 4.78 is 0. The van der Waals surface area contributed by atoms with Gasteiger partial charge in [-0.1, -0.05) is 53.5 Å². The lowest BCUT2D eigenvalue weighted by Crippen LogP contribution is -2.31. The van der Waals surface area contributed by atoms with Crippen LogP contribution < -0.4 is 10.2 Å². The minimum absolute atomic E-state index is 0.273. The Hall–Kier alpha value is -2.63. The average molecular weight is 399 g/mol. The highest BCUT2D eigenvalue weighted by Gasteiger charge is 2.19. The summed E-state index contributed by atoms with van der Waals surface area (Å²) in [6, 6.07) is 15.1. The average Bonchev–Trinajstić information content (AvgIpc) is 2.71. The molecule has 1 aliphatic heterocycles. The Kier molecular flexibility index (Phi) is 4.97. The fourth-order valence-electron chi connectivity index (χ4n) is 3.12. The Bertz CT molecular complexity index is 1010. The minimum atomic E-state index is -0.361. The smallest absolute Gasteiger partial charge is 0.274 e. The van der Waals surface area contributed by atoms with Crippen LogP contribution in [-0.2, 0) is 13.0 Å². The van der Waals surface area contributed by atoms with E-state index in [1.54, 1.807) is 24.3 Å². The second kappa shape index (κ2) is 7.55. The van der Waals surface area contributed by atoms with Gasteiger partial charge < -0.3 is 10.2 Å². The Morgan fingerprint density at radius 2 is 1.85 bits per heavy atom. The first-order valence-electron chi connectivity index (χ1n) is 8.51. The summed E-state index contributed by atoms with van der Waals surface area (Å²) in [4.78, 5) is 23.2. The van der Waals surface area contributed by atoms with Crippen molar-refractivity contribution in [2.24, 2.45) is 0 Å². The molecule has 0 saturated carbocycles. The molecule has 0 radical (unpaired) electrons. The van der Waals surface area contributed by atoms with E-state index < -0.39 is 0 Å². The van der Waals surface area contributed by atoms with Crippen LogP contribution in [0.2, 0.25) is 10.0 Å². The molecule has 4 rings (SSSR count). The van der Waals surface area contributed by atoms with Gasteiger partial charge in [0.1, 0.15) is 17.8 Å². The third kappa shape index (κ3) is 3.75. The zero-order valence-corrected chi connectivity index (χ0v) is 15.8. The number of carbonyl (C=O) groups is 1. The first-order valence-corrected chi connectivity index (χ1v) is 9.26. The van der Waals surface area contributed by atoms with Gasteiger partial charge in [0.05, 0.1) is 15.7 Å². The number of carbonyl (C=O) groups excluding carboxylic acids is 1. The highest BCUT2D eigenvalue weighted by Crippen LogP contribution is 2.30. The van der Waals surface area contributed by atoms with Crippen molar-refractivity contribution >= 4 is 40.6 Å². The number of halogens is 2. The molecule has 1 aliphatic rings. The Balaban J connectivity index is 1.54. The molecule has 2 aromatic carbocycles. The van der Waals surface area contributed by atoms with Crippen LogP contribution >= 0.6 is 23.2 Å². The van der Waals surface area contributed by atoms with Gasteiger partial charge in [0.2, 0.25) is 0 Å². The van der Waals surface area contributed by atoms with Crippen molar-refractivity contribution in [2.75, 3.05) is 16.8 Å². The van der Waals surface area contributed by atoms with Crippen molar-refractivity contribution in [2.45, 2.75) is 13.0 Å². The van der Waals surface area contributed by atoms with Crippen LogP contribution in [0.1, 0.15) is 21.6 Å². The molecular weight excluding hydrogens is 383 g/mol. The summed E-state index contributed by atoms with van der Waals surface area (Å²) in [6.45, 7) is 1.60. The van der Waals surface area contributed by atoms with Crippen molar-refractivity contribution in [3.8, 4) is 0 Å². The first kappa shape index (κ1) is 17.8. The van der Waals surface area contributed by atoms with Crippen LogP contribution in [0.4, 0.5) is 11.5 Å². The molecule has 5 nitrogen and oxygen atoms in total. The number of rotatable bonds is 3. The maximum Gasteiger partial charge on any atom is 0.274 e. The summed E-state index contributed by atoms with van der Waals surface area (Å²) in [5.41, 5.74) is 3.35. The molecule has 0 bridgehead atoms. The first-order chi connectivity index (χ1) is 13.1. The summed E-state index contributed by atoms with van der Waals surface area (Å²) in [7, 11) is 0. The molecular formula is C20H16Cl2N4O. The fourth-order valence-corrected chi connectivity index (χ4v) is 3.47. The zero-order valence-electron chi connectivity index (χ0n) is 14.3. The van der Waals surface area contributed by atoms with Crippen molar-refractivity contribution in [1.82, 2.24) is 9.97 Å². The van der Waals surface area contributed by atoms with Crippen molar-refractivity contribution < 1.29 is 4.79 Å². The molecule has 136 valence electrons. The van der Waals surface area contributed by atoms with Crippen molar-refractivity contribution in [3.05, 3.63) is 81.7 Å². The maximum absolute atomic E-state index is 12.6. The SMILES string of the molecule is O=C(Nc1cccc(Cl)c1Cl)c1cc(N2CCc3ccccc3C2)ncn1. The third-order valence-electron chi connectivity index (χ3n) is 4.54. The fraction of sp³-hybridized carbons (Fsp3) is 0.150. The largest absolute Gasteiger partial charge is 0.352 e. The number of nitrogens with zero attached hydrogens (tertiary/aromatic N) is 3. The lowest BCUT2D eigenvalue weighted by atomic mass is 10.00. The lowest BCUT2D eigenvalue weighted by Gasteiger charge is -2.29. The van der Waals surface area contributed by atoms with Gasteiger partial charge in [0.15, 0.2) is 0 Å². The third-order valence-corrected chi connectivity index (χ3v) is 5.36. The molecule has 0 spiro atoms. The van der Waals surface area contributed by atoms with Crippen LogP contribution in [-0.4, -0.2) is 22.4 Å². The van der Waals surface area contributed by atoms with E-state index in [-0.39, 0.29) is 11.6 Å². The van der Waals surface area contributed by atoms with E-state index in [0.717, 1.165) is 25.3 Å². The van der Waals surface area contributed by atoms with Crippen LogP contribution in [0.25, 0.3) is 0 Å². The predicted octanol–water partition coefficient (Wildman–Crippen LogP) is 4.60. The number of nitrogens with one attached hydrogen (secondary N) is 1. The number of hydrogen-bond acceptors (Lipinski definition) is 4. The molecule has 0 aliphatic carbocycles. The molecule has 1 aromatic heterocycles. The van der Waals surface area contributed by atoms with Gasteiger partial charge in [0, 0.05) is 19.2 Å². The van der Waals surface area contributed by atoms with Crippen LogP contribution in [0.3, 0.4) is 0 Å². The van der Waals surface area contributed by atoms with Gasteiger partial charge in [-0.2, -0.15) is 0 Å². The monoisotopic (exact) mass is 398 g/mol. The van der Waals surface area contributed by atoms with E-state index in [2.05, 4.69) is 38.4 Å². The van der Waals surface area contributed by atoms with Crippen LogP contribution in [0.5, 0.6) is 0 Å². The molecule has 1 amide bonds. The van der Waals surface area contributed by atoms with E-state index in [4.69, 9.17) is 23.2 Å². The number of benzene rings is 2. The van der Waals surface area contributed by atoms with E-state index >= 15 is 0 Å². The van der Waals surface area contributed by atoms with Gasteiger partial charge in [-0.25, -0.2) is 9.97 Å². The topological polar surface area (TPSA) is 58.1 Å². The number of amides is 1. The van der Waals surface area contributed by atoms with Gasteiger partial charge in [-0.05, 0) is 29.7 Å². The van der Waals surface area contributed by atoms with E-state index in [9.17, 15) is 4.79 Å². The zero-order chi connectivity index (χ0) is 18.8. The maximum atomic E-state index is 12.6. The normalized spacial score (nSPS) is 13.2. The molecule has 7 heteroatoms. The predicted molar refractivity (Wildman–Crippen MR) is 108 cm³/mol. The molecule has 0 fully saturated rings. The molecule has 1 N–H and O–H groups in total. The molecule has 0 saturated heterocycles. The molecule has 0 atom stereocenters. The minimum Gasteiger partial charge on any atom is -0.352 e. The van der Waals surface area contributed by atoms with Gasteiger partial charge >= 0.3 is 0 Å². The van der Waals surface area contributed by atoms with E-state index in [1.165, 1.54) is 17.5 Å². The number of fused-ring (bicyclic) bond motifs is 1. The molecule has 3 aromatic rings. The number of anilines is 2. The Labute approximate surface area is 167 Å². The number of hydrogen-bond donors (Lipinski definition) is 1. The highest BCUT2D eigenvalue weighted by molar-refractivity contribution is 6.44. The second-order valence-corrected chi connectivity index (χ2v) is 7.04. The van der Waals surface area contributed by atoms with Gasteiger partial charge in [0.25, 0.3) is 5.91 Å². The van der Waals surface area contributed by atoms with Gasteiger partial charge in [-0.3, -0.25) is 4.79 Å². The summed E-state index contributed by atoms with van der Waals surface area (Å²) in [5.74, 6) is 0.363. The lowest BCUT2D eigenvalue weighted by molar-refractivity contribution is 0.102. The summed E-state index contributed by atoms with van der Waals surface area (Å²) in [5, 5.41) is 3.43. The molecule has 27 heavy (non-hydrogen) atoms. The van der Waals surface area contributed by atoms with E-state index in [0.29, 0.717) is 15.7 Å². The van der Waals surface area contributed by atoms with Crippen molar-refractivity contribution in [3.63, 3.8) is 0 Å². The molecule has 0 unspecified atom stereocenters. The van der Waals surface area contributed by atoms with Crippen LogP contribution in [0.15, 0.2) is 54.9 Å². The van der Waals surface area contributed by atoms with E-state index in [1.807, 2.05) is 6.07 Å². The van der Waals surface area contributed by atoms with Crippen molar-refractivity contribution in [1.29, 1.82) is 0 Å². The van der Waals surface area contributed by atoms with Crippen LogP contribution in [0, 0.1) is 0 Å². The Morgan fingerprint density at radius 3 is 2.70 bits per heavy atom. The molecule has 2 heterocycles. The number of aromatic nitrogens is 2.